The maximum Gasteiger partial charge on any atom is 0.0591 e. The summed E-state index contributed by atoms with van der Waals surface area (Å²) in [6, 6.07) is 5.08. The summed E-state index contributed by atoms with van der Waals surface area (Å²) in [5.74, 6) is 0.818. The lowest BCUT2D eigenvalue weighted by Gasteiger charge is -2.36. The van der Waals surface area contributed by atoms with E-state index in [1.54, 1.807) is 0 Å². The third-order valence-corrected chi connectivity index (χ3v) is 5.86. The molecule has 2 unspecified atom stereocenters. The Hall–Kier alpha value is -0.420. The van der Waals surface area contributed by atoms with E-state index in [9.17, 15) is 0 Å². The fourth-order valence-corrected chi connectivity index (χ4v) is 4.48. The average molecular weight is 310 g/mol. The summed E-state index contributed by atoms with van der Waals surface area (Å²) in [6.45, 7) is 8.02. The number of piperidine rings is 1. The third kappa shape index (κ3) is 4.52. The van der Waals surface area contributed by atoms with E-state index >= 15 is 0 Å². The molecule has 2 N–H and O–H groups in total. The molecule has 0 aromatic carbocycles. The molecule has 0 bridgehead atoms. The molecule has 3 nitrogen and oxygen atoms in total. The molecule has 2 rings (SSSR count). The zero-order valence-corrected chi connectivity index (χ0v) is 14.8. The van der Waals surface area contributed by atoms with Gasteiger partial charge in [0, 0.05) is 22.3 Å². The first-order valence-electron chi connectivity index (χ1n) is 8.22. The second-order valence-corrected chi connectivity index (χ2v) is 7.97. The Balaban J connectivity index is 2.02. The molecule has 2 atom stereocenters. The van der Waals surface area contributed by atoms with Gasteiger partial charge in [0.1, 0.15) is 0 Å². The lowest BCUT2D eigenvalue weighted by atomic mass is 9.95. The molecule has 1 saturated heterocycles. The van der Waals surface area contributed by atoms with Gasteiger partial charge in [0.2, 0.25) is 0 Å². The lowest BCUT2D eigenvalue weighted by molar-refractivity contribution is 0.138. The van der Waals surface area contributed by atoms with Crippen molar-refractivity contribution in [3.8, 4) is 0 Å². The summed E-state index contributed by atoms with van der Waals surface area (Å²) in [5.41, 5.74) is 6.44. The molecule has 2 heterocycles. The fourth-order valence-electron chi connectivity index (χ4n) is 3.36. The minimum atomic E-state index is 0.222. The molecule has 1 aromatic heterocycles. The van der Waals surface area contributed by atoms with Crippen LogP contribution >= 0.6 is 11.3 Å². The predicted octanol–water partition coefficient (Wildman–Crippen LogP) is 3.11. The summed E-state index contributed by atoms with van der Waals surface area (Å²) in [4.78, 5) is 7.76. The van der Waals surface area contributed by atoms with Crippen LogP contribution in [0.15, 0.2) is 12.1 Å². The number of nitrogens with two attached hydrogens (primary N) is 1. The Kier molecular flexibility index (Phi) is 6.23. The van der Waals surface area contributed by atoms with Crippen LogP contribution in [0.2, 0.25) is 0 Å². The lowest BCUT2D eigenvalue weighted by Crippen LogP contribution is -2.42. The van der Waals surface area contributed by atoms with Crippen LogP contribution in [0.4, 0.5) is 0 Å². The molecule has 4 heteroatoms. The van der Waals surface area contributed by atoms with Crippen molar-refractivity contribution in [3.05, 3.63) is 21.9 Å². The molecule has 1 aromatic rings. The van der Waals surface area contributed by atoms with Crippen LogP contribution in [0.1, 0.15) is 42.0 Å². The minimum absolute atomic E-state index is 0.222. The number of nitrogens with zero attached hydrogens (tertiary/aromatic N) is 2. The summed E-state index contributed by atoms with van der Waals surface area (Å²) in [6.07, 6.45) is 3.66. The Morgan fingerprint density at radius 1 is 1.38 bits per heavy atom. The van der Waals surface area contributed by atoms with Gasteiger partial charge in [0.15, 0.2) is 0 Å². The third-order valence-electron chi connectivity index (χ3n) is 4.79. The molecule has 21 heavy (non-hydrogen) atoms. The first-order chi connectivity index (χ1) is 10.0. The first kappa shape index (κ1) is 16.9. The normalized spacial score (nSPS) is 20.9. The summed E-state index contributed by atoms with van der Waals surface area (Å²) >= 11 is 1.90. The van der Waals surface area contributed by atoms with Crippen molar-refractivity contribution in [2.45, 2.75) is 45.2 Å². The molecule has 0 aliphatic carbocycles. The van der Waals surface area contributed by atoms with E-state index in [1.807, 2.05) is 11.3 Å². The zero-order valence-electron chi connectivity index (χ0n) is 14.0. The minimum Gasteiger partial charge on any atom is -0.326 e. The van der Waals surface area contributed by atoms with E-state index in [4.69, 9.17) is 5.73 Å². The van der Waals surface area contributed by atoms with Crippen molar-refractivity contribution < 1.29 is 0 Å². The van der Waals surface area contributed by atoms with Crippen LogP contribution in [0.3, 0.4) is 0 Å². The SMILES string of the molecule is CCC(N)C(c1ccc(C)s1)N(C)CC1CCN(C)CC1. The van der Waals surface area contributed by atoms with E-state index in [-0.39, 0.29) is 6.04 Å². The molecular formula is C17H31N3S. The predicted molar refractivity (Wildman–Crippen MR) is 92.9 cm³/mol. The van der Waals surface area contributed by atoms with E-state index < -0.39 is 0 Å². The van der Waals surface area contributed by atoms with Gasteiger partial charge in [0.25, 0.3) is 0 Å². The van der Waals surface area contributed by atoms with Gasteiger partial charge in [-0.15, -0.1) is 11.3 Å². The molecular weight excluding hydrogens is 278 g/mol. The number of hydrogen-bond acceptors (Lipinski definition) is 4. The van der Waals surface area contributed by atoms with E-state index in [2.05, 4.69) is 49.9 Å². The Morgan fingerprint density at radius 3 is 2.57 bits per heavy atom. The summed E-state index contributed by atoms with van der Waals surface area (Å²) in [5, 5.41) is 0. The quantitative estimate of drug-likeness (QED) is 0.876. The second-order valence-electron chi connectivity index (χ2n) is 6.65. The van der Waals surface area contributed by atoms with Gasteiger partial charge in [-0.05, 0) is 71.4 Å². The van der Waals surface area contributed by atoms with Crippen LogP contribution < -0.4 is 5.73 Å². The van der Waals surface area contributed by atoms with Gasteiger partial charge < -0.3 is 10.6 Å². The van der Waals surface area contributed by atoms with Crippen molar-refractivity contribution in [3.63, 3.8) is 0 Å². The van der Waals surface area contributed by atoms with Gasteiger partial charge in [-0.25, -0.2) is 0 Å². The first-order valence-corrected chi connectivity index (χ1v) is 9.03. The number of likely N-dealkylation sites (tertiary alicyclic amines) is 1. The molecule has 0 saturated carbocycles. The van der Waals surface area contributed by atoms with E-state index in [0.29, 0.717) is 6.04 Å². The highest BCUT2D eigenvalue weighted by atomic mass is 32.1. The standard InChI is InChI=1S/C17H31N3S/c1-5-15(18)17(16-7-6-13(2)21-16)20(4)12-14-8-10-19(3)11-9-14/h6-7,14-15,17H,5,8-12,18H2,1-4H3. The van der Waals surface area contributed by atoms with Crippen molar-refractivity contribution in [2.75, 3.05) is 33.7 Å². The van der Waals surface area contributed by atoms with Gasteiger partial charge >= 0.3 is 0 Å². The van der Waals surface area contributed by atoms with Crippen molar-refractivity contribution >= 4 is 11.3 Å². The van der Waals surface area contributed by atoms with Crippen LogP contribution in [0.5, 0.6) is 0 Å². The van der Waals surface area contributed by atoms with Gasteiger partial charge in [-0.3, -0.25) is 4.90 Å². The number of hydrogen-bond donors (Lipinski definition) is 1. The van der Waals surface area contributed by atoms with Crippen LogP contribution in [0.25, 0.3) is 0 Å². The number of rotatable bonds is 6. The van der Waals surface area contributed by atoms with Gasteiger partial charge in [0.05, 0.1) is 6.04 Å². The summed E-state index contributed by atoms with van der Waals surface area (Å²) in [7, 11) is 4.48. The number of thiophene rings is 1. The largest absolute Gasteiger partial charge is 0.326 e. The molecule has 1 aliphatic heterocycles. The molecule has 1 fully saturated rings. The van der Waals surface area contributed by atoms with E-state index in [0.717, 1.165) is 12.3 Å². The molecule has 1 aliphatic rings. The number of likely N-dealkylation sites (N-methyl/N-ethyl adjacent to an activating group) is 1. The highest BCUT2D eigenvalue weighted by molar-refractivity contribution is 7.12. The van der Waals surface area contributed by atoms with Crippen LogP contribution in [-0.4, -0.2) is 49.6 Å². The highest BCUT2D eigenvalue weighted by Gasteiger charge is 2.27. The van der Waals surface area contributed by atoms with Gasteiger partial charge in [-0.2, -0.15) is 0 Å². The van der Waals surface area contributed by atoms with Crippen molar-refractivity contribution in [1.82, 2.24) is 9.80 Å². The second kappa shape index (κ2) is 7.73. The maximum atomic E-state index is 6.44. The maximum absolute atomic E-state index is 6.44. The molecule has 0 spiro atoms. The fraction of sp³-hybridized carbons (Fsp3) is 0.765. The molecule has 120 valence electrons. The van der Waals surface area contributed by atoms with Crippen molar-refractivity contribution in [2.24, 2.45) is 11.7 Å². The van der Waals surface area contributed by atoms with Crippen LogP contribution in [-0.2, 0) is 0 Å². The van der Waals surface area contributed by atoms with Gasteiger partial charge in [-0.1, -0.05) is 6.92 Å². The Labute approximate surface area is 134 Å². The monoisotopic (exact) mass is 309 g/mol. The Morgan fingerprint density at radius 2 is 2.05 bits per heavy atom. The zero-order chi connectivity index (χ0) is 15.4. The molecule has 0 amide bonds. The van der Waals surface area contributed by atoms with Crippen molar-refractivity contribution in [1.29, 1.82) is 0 Å². The topological polar surface area (TPSA) is 32.5 Å². The van der Waals surface area contributed by atoms with Crippen LogP contribution in [0, 0.1) is 12.8 Å². The summed E-state index contributed by atoms with van der Waals surface area (Å²) < 4.78 is 0. The smallest absolute Gasteiger partial charge is 0.0591 e. The van der Waals surface area contributed by atoms with E-state index in [1.165, 1.54) is 42.2 Å². The highest BCUT2D eigenvalue weighted by Crippen LogP contribution is 2.31. The average Bonchev–Trinajstić information content (AvgIpc) is 2.87. The molecule has 0 radical (unpaired) electrons. The Bertz CT molecular complexity index is 423. The number of aryl methyl sites for hydroxylation is 1.